The molecular formula is C16H25ClN2O. The fraction of sp³-hybridized carbons (Fsp3) is 0.625. The molecule has 3 nitrogen and oxygen atoms in total. The Labute approximate surface area is 127 Å². The molecule has 112 valence electrons. The van der Waals surface area contributed by atoms with E-state index in [9.17, 15) is 0 Å². The summed E-state index contributed by atoms with van der Waals surface area (Å²) in [6.45, 7) is 9.70. The van der Waals surface area contributed by atoms with Gasteiger partial charge in [0.25, 0.3) is 0 Å². The van der Waals surface area contributed by atoms with Gasteiger partial charge >= 0.3 is 0 Å². The van der Waals surface area contributed by atoms with Crippen LogP contribution in [-0.2, 0) is 6.54 Å². The van der Waals surface area contributed by atoms with Crippen molar-refractivity contribution in [2.45, 2.75) is 39.4 Å². The first kappa shape index (κ1) is 15.6. The standard InChI is InChI=1S/C16H25ClN2O/c1-11(2)15-10-19(12(3)8-18-15)9-13-14(17)6-5-7-16(13)20-4/h5-7,11-12,15,18H,8-10H2,1-4H3. The molecule has 0 bridgehead atoms. The van der Waals surface area contributed by atoms with E-state index in [4.69, 9.17) is 16.3 Å². The van der Waals surface area contributed by atoms with E-state index < -0.39 is 0 Å². The lowest BCUT2D eigenvalue weighted by Crippen LogP contribution is -2.56. The minimum absolute atomic E-state index is 0.506. The maximum absolute atomic E-state index is 6.35. The molecule has 20 heavy (non-hydrogen) atoms. The van der Waals surface area contributed by atoms with E-state index in [0.29, 0.717) is 18.0 Å². The summed E-state index contributed by atoms with van der Waals surface area (Å²) in [4.78, 5) is 2.49. The van der Waals surface area contributed by atoms with Crippen LogP contribution in [-0.4, -0.2) is 37.2 Å². The molecule has 1 aliphatic heterocycles. The molecule has 1 saturated heterocycles. The number of ether oxygens (including phenoxy) is 1. The fourth-order valence-corrected chi connectivity index (χ4v) is 2.93. The topological polar surface area (TPSA) is 24.5 Å². The Morgan fingerprint density at radius 1 is 1.45 bits per heavy atom. The Bertz CT molecular complexity index is 450. The summed E-state index contributed by atoms with van der Waals surface area (Å²) < 4.78 is 5.45. The number of nitrogens with zero attached hydrogens (tertiary/aromatic N) is 1. The van der Waals surface area contributed by atoms with Gasteiger partial charge in [0, 0.05) is 42.3 Å². The summed E-state index contributed by atoms with van der Waals surface area (Å²) in [7, 11) is 1.70. The number of hydrogen-bond donors (Lipinski definition) is 1. The Morgan fingerprint density at radius 3 is 2.85 bits per heavy atom. The summed E-state index contributed by atoms with van der Waals surface area (Å²) in [6.07, 6.45) is 0. The SMILES string of the molecule is COc1cccc(Cl)c1CN1CC(C(C)C)NCC1C. The third-order valence-corrected chi connectivity index (χ3v) is 4.55. The van der Waals surface area contributed by atoms with Crippen LogP contribution in [0, 0.1) is 5.92 Å². The molecule has 2 unspecified atom stereocenters. The second-order valence-corrected chi connectivity index (χ2v) is 6.37. The first-order valence-corrected chi connectivity index (χ1v) is 7.69. The highest BCUT2D eigenvalue weighted by atomic mass is 35.5. The Morgan fingerprint density at radius 2 is 2.20 bits per heavy atom. The van der Waals surface area contributed by atoms with Gasteiger partial charge in [0.15, 0.2) is 0 Å². The molecule has 4 heteroatoms. The van der Waals surface area contributed by atoms with E-state index >= 15 is 0 Å². The largest absolute Gasteiger partial charge is 0.496 e. The highest BCUT2D eigenvalue weighted by Gasteiger charge is 2.27. The van der Waals surface area contributed by atoms with Crippen molar-refractivity contribution in [3.63, 3.8) is 0 Å². The van der Waals surface area contributed by atoms with Gasteiger partial charge in [0.2, 0.25) is 0 Å². The number of rotatable bonds is 4. The monoisotopic (exact) mass is 296 g/mol. The smallest absolute Gasteiger partial charge is 0.124 e. The van der Waals surface area contributed by atoms with Gasteiger partial charge in [0.1, 0.15) is 5.75 Å². The third-order valence-electron chi connectivity index (χ3n) is 4.19. The number of nitrogens with one attached hydrogen (secondary N) is 1. The van der Waals surface area contributed by atoms with Crippen LogP contribution in [0.15, 0.2) is 18.2 Å². The molecule has 0 aliphatic carbocycles. The van der Waals surface area contributed by atoms with E-state index in [1.165, 1.54) is 0 Å². The van der Waals surface area contributed by atoms with E-state index in [1.54, 1.807) is 7.11 Å². The average Bonchev–Trinajstić information content (AvgIpc) is 2.42. The van der Waals surface area contributed by atoms with Gasteiger partial charge in [-0.1, -0.05) is 31.5 Å². The highest BCUT2D eigenvalue weighted by Crippen LogP contribution is 2.29. The van der Waals surface area contributed by atoms with Crippen molar-refractivity contribution in [2.75, 3.05) is 20.2 Å². The highest BCUT2D eigenvalue weighted by molar-refractivity contribution is 6.31. The summed E-state index contributed by atoms with van der Waals surface area (Å²) in [6, 6.07) is 6.90. The van der Waals surface area contributed by atoms with Crippen molar-refractivity contribution in [1.82, 2.24) is 10.2 Å². The van der Waals surface area contributed by atoms with E-state index in [2.05, 4.69) is 31.0 Å². The van der Waals surface area contributed by atoms with Crippen molar-refractivity contribution < 1.29 is 4.74 Å². The van der Waals surface area contributed by atoms with E-state index in [1.807, 2.05) is 18.2 Å². The minimum atomic E-state index is 0.506. The van der Waals surface area contributed by atoms with Gasteiger partial charge in [-0.15, -0.1) is 0 Å². The van der Waals surface area contributed by atoms with Gasteiger partial charge in [-0.2, -0.15) is 0 Å². The normalized spacial score (nSPS) is 24.1. The van der Waals surface area contributed by atoms with Crippen LogP contribution < -0.4 is 10.1 Å². The van der Waals surface area contributed by atoms with Crippen molar-refractivity contribution in [1.29, 1.82) is 0 Å². The molecule has 0 aromatic heterocycles. The van der Waals surface area contributed by atoms with Crippen molar-refractivity contribution in [3.8, 4) is 5.75 Å². The summed E-state index contributed by atoms with van der Waals surface area (Å²) in [5, 5.41) is 4.41. The zero-order valence-electron chi connectivity index (χ0n) is 12.8. The molecule has 1 aromatic carbocycles. The quantitative estimate of drug-likeness (QED) is 0.924. The molecule has 1 aliphatic rings. The van der Waals surface area contributed by atoms with Crippen molar-refractivity contribution >= 4 is 11.6 Å². The molecule has 0 spiro atoms. The second-order valence-electron chi connectivity index (χ2n) is 5.96. The zero-order chi connectivity index (χ0) is 14.7. The molecule has 0 amide bonds. The minimum Gasteiger partial charge on any atom is -0.496 e. The molecular weight excluding hydrogens is 272 g/mol. The van der Waals surface area contributed by atoms with Gasteiger partial charge in [-0.05, 0) is 25.0 Å². The Hall–Kier alpha value is -0.770. The maximum atomic E-state index is 6.35. The van der Waals surface area contributed by atoms with E-state index in [0.717, 1.165) is 36.0 Å². The molecule has 0 radical (unpaired) electrons. The lowest BCUT2D eigenvalue weighted by atomic mass is 9.99. The molecule has 1 fully saturated rings. The van der Waals surface area contributed by atoms with Crippen molar-refractivity contribution in [3.05, 3.63) is 28.8 Å². The maximum Gasteiger partial charge on any atom is 0.124 e. The second kappa shape index (κ2) is 6.79. The van der Waals surface area contributed by atoms with Crippen LogP contribution in [0.4, 0.5) is 0 Å². The summed E-state index contributed by atoms with van der Waals surface area (Å²) in [5.74, 6) is 1.52. The summed E-state index contributed by atoms with van der Waals surface area (Å²) >= 11 is 6.35. The van der Waals surface area contributed by atoms with Crippen LogP contribution in [0.5, 0.6) is 5.75 Å². The Balaban J connectivity index is 2.15. The van der Waals surface area contributed by atoms with Gasteiger partial charge in [-0.25, -0.2) is 0 Å². The number of methoxy groups -OCH3 is 1. The van der Waals surface area contributed by atoms with Crippen LogP contribution in [0.2, 0.25) is 5.02 Å². The molecule has 1 N–H and O–H groups in total. The lowest BCUT2D eigenvalue weighted by molar-refractivity contribution is 0.115. The number of hydrogen-bond acceptors (Lipinski definition) is 3. The first-order chi connectivity index (χ1) is 9.52. The molecule has 1 heterocycles. The van der Waals surface area contributed by atoms with Gasteiger partial charge in [-0.3, -0.25) is 4.90 Å². The van der Waals surface area contributed by atoms with Crippen LogP contribution >= 0.6 is 11.6 Å². The predicted molar refractivity (Wildman–Crippen MR) is 84.5 cm³/mol. The average molecular weight is 297 g/mol. The Kier molecular flexibility index (Phi) is 5.30. The summed E-state index contributed by atoms with van der Waals surface area (Å²) in [5.41, 5.74) is 1.09. The third kappa shape index (κ3) is 3.46. The zero-order valence-corrected chi connectivity index (χ0v) is 13.6. The van der Waals surface area contributed by atoms with Crippen molar-refractivity contribution in [2.24, 2.45) is 5.92 Å². The van der Waals surface area contributed by atoms with Gasteiger partial charge in [0.05, 0.1) is 7.11 Å². The lowest BCUT2D eigenvalue weighted by Gasteiger charge is -2.40. The number of halogens is 1. The first-order valence-electron chi connectivity index (χ1n) is 7.31. The van der Waals surface area contributed by atoms with Crippen LogP contribution in [0.1, 0.15) is 26.3 Å². The van der Waals surface area contributed by atoms with E-state index in [-0.39, 0.29) is 0 Å². The number of piperazine rings is 1. The van der Waals surface area contributed by atoms with Crippen LogP contribution in [0.25, 0.3) is 0 Å². The number of benzene rings is 1. The fourth-order valence-electron chi connectivity index (χ4n) is 2.70. The van der Waals surface area contributed by atoms with Crippen LogP contribution in [0.3, 0.4) is 0 Å². The molecule has 2 atom stereocenters. The molecule has 0 saturated carbocycles. The predicted octanol–water partition coefficient (Wildman–Crippen LogP) is 3.17. The molecule has 2 rings (SSSR count). The van der Waals surface area contributed by atoms with Gasteiger partial charge < -0.3 is 10.1 Å². The molecule has 1 aromatic rings.